The molecular weight excluding hydrogens is 291 g/mol. The van der Waals surface area contributed by atoms with Crippen LogP contribution in [0.1, 0.15) is 15.9 Å². The number of benzene rings is 2. The highest BCUT2D eigenvalue weighted by molar-refractivity contribution is 6.18. The molecule has 0 unspecified atom stereocenters. The second-order valence-corrected chi connectivity index (χ2v) is 4.85. The first-order valence-corrected chi connectivity index (χ1v) is 7.13. The van der Waals surface area contributed by atoms with Crippen molar-refractivity contribution in [1.82, 2.24) is 5.32 Å². The molecule has 3 nitrogen and oxygen atoms in total. The quantitative estimate of drug-likeness (QED) is 0.835. The number of amides is 1. The number of alkyl halides is 1. The SMILES string of the molecule is NCc1ccccc1-c1cccc(F)c1C(=O)NCCCl. The molecule has 0 heterocycles. The van der Waals surface area contributed by atoms with Gasteiger partial charge < -0.3 is 11.1 Å². The van der Waals surface area contributed by atoms with E-state index in [4.69, 9.17) is 17.3 Å². The molecule has 2 aromatic rings. The van der Waals surface area contributed by atoms with Gasteiger partial charge in [0.05, 0.1) is 5.56 Å². The summed E-state index contributed by atoms with van der Waals surface area (Å²) in [5, 5.41) is 2.59. The first-order chi connectivity index (χ1) is 10.2. The molecule has 0 fully saturated rings. The first-order valence-electron chi connectivity index (χ1n) is 6.60. The molecule has 0 radical (unpaired) electrons. The number of hydrogen-bond acceptors (Lipinski definition) is 2. The zero-order valence-electron chi connectivity index (χ0n) is 11.4. The van der Waals surface area contributed by atoms with Gasteiger partial charge in [-0.15, -0.1) is 11.6 Å². The topological polar surface area (TPSA) is 55.1 Å². The van der Waals surface area contributed by atoms with Gasteiger partial charge in [-0.2, -0.15) is 0 Å². The second kappa shape index (κ2) is 7.20. The minimum atomic E-state index is -0.564. The Kier molecular flexibility index (Phi) is 5.31. The highest BCUT2D eigenvalue weighted by atomic mass is 35.5. The Labute approximate surface area is 127 Å². The summed E-state index contributed by atoms with van der Waals surface area (Å²) in [6, 6.07) is 11.9. The molecule has 1 amide bonds. The normalized spacial score (nSPS) is 10.4. The third kappa shape index (κ3) is 3.40. The lowest BCUT2D eigenvalue weighted by molar-refractivity contribution is 0.0952. The van der Waals surface area contributed by atoms with Crippen molar-refractivity contribution in [2.75, 3.05) is 12.4 Å². The maximum absolute atomic E-state index is 14.1. The van der Waals surface area contributed by atoms with Gasteiger partial charge in [0, 0.05) is 19.0 Å². The average Bonchev–Trinajstić information content (AvgIpc) is 2.52. The van der Waals surface area contributed by atoms with Crippen LogP contribution in [0.4, 0.5) is 4.39 Å². The number of hydrogen-bond donors (Lipinski definition) is 2. The van der Waals surface area contributed by atoms with Gasteiger partial charge in [-0.3, -0.25) is 4.79 Å². The summed E-state index contributed by atoms with van der Waals surface area (Å²) in [7, 11) is 0. The van der Waals surface area contributed by atoms with E-state index in [1.54, 1.807) is 12.1 Å². The predicted octanol–water partition coefficient (Wildman–Crippen LogP) is 2.92. The molecule has 3 N–H and O–H groups in total. The van der Waals surface area contributed by atoms with Crippen LogP contribution < -0.4 is 11.1 Å². The van der Waals surface area contributed by atoms with E-state index >= 15 is 0 Å². The number of carbonyl (C=O) groups is 1. The van der Waals surface area contributed by atoms with Gasteiger partial charge in [-0.1, -0.05) is 36.4 Å². The van der Waals surface area contributed by atoms with Crippen molar-refractivity contribution >= 4 is 17.5 Å². The largest absolute Gasteiger partial charge is 0.351 e. The highest BCUT2D eigenvalue weighted by Gasteiger charge is 2.18. The molecule has 0 aliphatic carbocycles. The Bertz CT molecular complexity index is 646. The minimum Gasteiger partial charge on any atom is -0.351 e. The lowest BCUT2D eigenvalue weighted by Crippen LogP contribution is -2.27. The molecule has 0 spiro atoms. The summed E-state index contributed by atoms with van der Waals surface area (Å²) >= 11 is 5.55. The fourth-order valence-electron chi connectivity index (χ4n) is 2.19. The molecule has 2 rings (SSSR count). The molecule has 0 saturated carbocycles. The number of rotatable bonds is 5. The summed E-state index contributed by atoms with van der Waals surface area (Å²) in [6.07, 6.45) is 0. The van der Waals surface area contributed by atoms with Crippen molar-refractivity contribution in [2.45, 2.75) is 6.54 Å². The lowest BCUT2D eigenvalue weighted by atomic mass is 9.94. The van der Waals surface area contributed by atoms with Crippen LogP contribution in [0, 0.1) is 5.82 Å². The van der Waals surface area contributed by atoms with Crippen LogP contribution in [0.5, 0.6) is 0 Å². The van der Waals surface area contributed by atoms with Crippen LogP contribution in [-0.4, -0.2) is 18.3 Å². The molecule has 21 heavy (non-hydrogen) atoms. The molecular formula is C16H16ClFN2O. The van der Waals surface area contributed by atoms with E-state index in [1.165, 1.54) is 6.07 Å². The van der Waals surface area contributed by atoms with Gasteiger partial charge in [0.1, 0.15) is 5.82 Å². The summed E-state index contributed by atoms with van der Waals surface area (Å²) in [6.45, 7) is 0.599. The Morgan fingerprint density at radius 1 is 1.14 bits per heavy atom. The Balaban J connectivity index is 2.54. The molecule has 2 aromatic carbocycles. The fourth-order valence-corrected chi connectivity index (χ4v) is 2.28. The van der Waals surface area contributed by atoms with Gasteiger partial charge >= 0.3 is 0 Å². The van der Waals surface area contributed by atoms with E-state index < -0.39 is 11.7 Å². The molecule has 0 atom stereocenters. The van der Waals surface area contributed by atoms with Crippen LogP contribution in [0.15, 0.2) is 42.5 Å². The number of nitrogens with one attached hydrogen (secondary N) is 1. The van der Waals surface area contributed by atoms with E-state index in [1.807, 2.05) is 24.3 Å². The summed E-state index contributed by atoms with van der Waals surface area (Å²) in [5.41, 5.74) is 7.88. The van der Waals surface area contributed by atoms with Gasteiger partial charge in [0.2, 0.25) is 0 Å². The van der Waals surface area contributed by atoms with Crippen molar-refractivity contribution in [2.24, 2.45) is 5.73 Å². The zero-order chi connectivity index (χ0) is 15.2. The van der Waals surface area contributed by atoms with Crippen molar-refractivity contribution in [1.29, 1.82) is 0 Å². The molecule has 0 saturated heterocycles. The Hall–Kier alpha value is -1.91. The first kappa shape index (κ1) is 15.5. The maximum atomic E-state index is 14.1. The van der Waals surface area contributed by atoms with E-state index in [0.29, 0.717) is 12.1 Å². The average molecular weight is 307 g/mol. The molecule has 0 aliphatic heterocycles. The maximum Gasteiger partial charge on any atom is 0.254 e. The van der Waals surface area contributed by atoms with Crippen LogP contribution in [0.25, 0.3) is 11.1 Å². The zero-order valence-corrected chi connectivity index (χ0v) is 12.2. The molecule has 0 bridgehead atoms. The molecule has 0 aliphatic rings. The smallest absolute Gasteiger partial charge is 0.254 e. The van der Waals surface area contributed by atoms with Gasteiger partial charge in [0.25, 0.3) is 5.91 Å². The minimum absolute atomic E-state index is 0.0171. The lowest BCUT2D eigenvalue weighted by Gasteiger charge is -2.13. The summed E-state index contributed by atoms with van der Waals surface area (Å²) < 4.78 is 14.1. The van der Waals surface area contributed by atoms with Crippen LogP contribution in [-0.2, 0) is 6.54 Å². The molecule has 0 aromatic heterocycles. The van der Waals surface area contributed by atoms with Gasteiger partial charge in [-0.05, 0) is 22.8 Å². The van der Waals surface area contributed by atoms with E-state index in [2.05, 4.69) is 5.32 Å². The van der Waals surface area contributed by atoms with E-state index in [-0.39, 0.29) is 18.0 Å². The van der Waals surface area contributed by atoms with Crippen LogP contribution in [0.3, 0.4) is 0 Å². The van der Waals surface area contributed by atoms with Crippen molar-refractivity contribution < 1.29 is 9.18 Å². The summed E-state index contributed by atoms with van der Waals surface area (Å²) in [5.74, 6) is -0.767. The second-order valence-electron chi connectivity index (χ2n) is 4.47. The molecule has 5 heteroatoms. The van der Waals surface area contributed by atoms with Gasteiger partial charge in [-0.25, -0.2) is 4.39 Å². The third-order valence-electron chi connectivity index (χ3n) is 3.15. The van der Waals surface area contributed by atoms with Crippen molar-refractivity contribution in [3.05, 3.63) is 59.4 Å². The number of carbonyl (C=O) groups excluding carboxylic acids is 1. The third-order valence-corrected chi connectivity index (χ3v) is 3.34. The van der Waals surface area contributed by atoms with Crippen LogP contribution >= 0.6 is 11.6 Å². The monoisotopic (exact) mass is 306 g/mol. The van der Waals surface area contributed by atoms with Crippen LogP contribution in [0.2, 0.25) is 0 Å². The van der Waals surface area contributed by atoms with E-state index in [0.717, 1.165) is 11.1 Å². The predicted molar refractivity (Wildman–Crippen MR) is 82.8 cm³/mol. The highest BCUT2D eigenvalue weighted by Crippen LogP contribution is 2.28. The Morgan fingerprint density at radius 3 is 2.57 bits per heavy atom. The fraction of sp³-hybridized carbons (Fsp3) is 0.188. The van der Waals surface area contributed by atoms with Gasteiger partial charge in [0.15, 0.2) is 0 Å². The molecule has 110 valence electrons. The summed E-state index contributed by atoms with van der Waals surface area (Å²) in [4.78, 5) is 12.2. The van der Waals surface area contributed by atoms with Crippen molar-refractivity contribution in [3.63, 3.8) is 0 Å². The van der Waals surface area contributed by atoms with Crippen molar-refractivity contribution in [3.8, 4) is 11.1 Å². The number of nitrogens with two attached hydrogens (primary N) is 1. The standard InChI is InChI=1S/C16H16ClFN2O/c17-8-9-20-16(21)15-13(6-3-7-14(15)18)12-5-2-1-4-11(12)10-19/h1-7H,8-10,19H2,(H,20,21). The Morgan fingerprint density at radius 2 is 1.86 bits per heavy atom. The van der Waals surface area contributed by atoms with E-state index in [9.17, 15) is 9.18 Å². The number of halogens is 2.